The van der Waals surface area contributed by atoms with E-state index in [2.05, 4.69) is 0 Å². The van der Waals surface area contributed by atoms with Gasteiger partial charge in [0.2, 0.25) is 11.8 Å². The van der Waals surface area contributed by atoms with Gasteiger partial charge >= 0.3 is 0 Å². The number of pyridine rings is 1. The largest absolute Gasteiger partial charge is 0.378 e. The second-order valence-electron chi connectivity index (χ2n) is 7.02. The fraction of sp³-hybridized carbons (Fsp3) is 0.450. The molecule has 1 atom stereocenters. The number of amides is 2. The van der Waals surface area contributed by atoms with E-state index in [0.717, 1.165) is 11.8 Å². The number of morpholine rings is 1. The second-order valence-corrected chi connectivity index (χ2v) is 7.02. The molecule has 2 aliphatic rings. The summed E-state index contributed by atoms with van der Waals surface area (Å²) in [6.45, 7) is 2.74. The fourth-order valence-electron chi connectivity index (χ4n) is 3.91. The first-order valence-corrected chi connectivity index (χ1v) is 9.39. The third-order valence-corrected chi connectivity index (χ3v) is 5.37. The van der Waals surface area contributed by atoms with Gasteiger partial charge in [-0.25, -0.2) is 0 Å². The first-order chi connectivity index (χ1) is 13.1. The zero-order chi connectivity index (χ0) is 18.8. The first kappa shape index (κ1) is 17.7. The van der Waals surface area contributed by atoms with Crippen LogP contribution in [0.15, 0.2) is 41.3 Å². The average molecular weight is 369 g/mol. The van der Waals surface area contributed by atoms with Gasteiger partial charge in [-0.1, -0.05) is 18.2 Å². The van der Waals surface area contributed by atoms with Crippen molar-refractivity contribution >= 4 is 22.6 Å². The lowest BCUT2D eigenvalue weighted by atomic mass is 10.1. The third-order valence-electron chi connectivity index (χ3n) is 5.37. The molecule has 0 unspecified atom stereocenters. The van der Waals surface area contributed by atoms with Crippen LogP contribution in [0.3, 0.4) is 0 Å². The molecule has 7 nitrogen and oxygen atoms in total. The molecule has 0 radical (unpaired) electrons. The lowest BCUT2D eigenvalue weighted by Gasteiger charge is -2.32. The van der Waals surface area contributed by atoms with Crippen LogP contribution in [-0.4, -0.2) is 65.1 Å². The molecule has 2 fully saturated rings. The summed E-state index contributed by atoms with van der Waals surface area (Å²) < 4.78 is 6.73. The van der Waals surface area contributed by atoms with E-state index in [0.29, 0.717) is 44.7 Å². The zero-order valence-corrected chi connectivity index (χ0v) is 15.2. The minimum atomic E-state index is -0.424. The molecule has 0 saturated carbocycles. The van der Waals surface area contributed by atoms with Gasteiger partial charge in [0, 0.05) is 31.2 Å². The summed E-state index contributed by atoms with van der Waals surface area (Å²) in [5, 5.41) is 1.45. The van der Waals surface area contributed by atoms with Crippen molar-refractivity contribution < 1.29 is 14.3 Å². The molecule has 2 saturated heterocycles. The van der Waals surface area contributed by atoms with Crippen molar-refractivity contribution in [2.24, 2.45) is 0 Å². The van der Waals surface area contributed by atoms with Crippen LogP contribution in [0.25, 0.3) is 10.8 Å². The van der Waals surface area contributed by atoms with Crippen molar-refractivity contribution in [3.05, 3.63) is 46.9 Å². The summed E-state index contributed by atoms with van der Waals surface area (Å²) in [4.78, 5) is 41.8. The Balaban J connectivity index is 1.51. The SMILES string of the molecule is O=C([C@@H]1CCCN1C(=O)Cn1ccc2ccccc2c1=O)N1CCOCC1. The number of ether oxygens (including phenoxy) is 1. The Labute approximate surface area is 157 Å². The predicted molar refractivity (Wildman–Crippen MR) is 100 cm³/mol. The molecule has 1 aromatic carbocycles. The lowest BCUT2D eigenvalue weighted by molar-refractivity contribution is -0.146. The molecular weight excluding hydrogens is 346 g/mol. The van der Waals surface area contributed by atoms with Crippen LogP contribution in [-0.2, 0) is 20.9 Å². The number of carbonyl (C=O) groups excluding carboxylic acids is 2. The summed E-state index contributed by atoms with van der Waals surface area (Å²) in [7, 11) is 0. The quantitative estimate of drug-likeness (QED) is 0.804. The molecule has 0 aliphatic carbocycles. The van der Waals surface area contributed by atoms with Crippen LogP contribution in [0.4, 0.5) is 0 Å². The van der Waals surface area contributed by atoms with E-state index in [1.54, 1.807) is 22.1 Å². The van der Waals surface area contributed by atoms with E-state index in [-0.39, 0.29) is 23.9 Å². The van der Waals surface area contributed by atoms with E-state index in [4.69, 9.17) is 4.74 Å². The highest BCUT2D eigenvalue weighted by molar-refractivity contribution is 5.88. The molecule has 0 N–H and O–H groups in total. The molecule has 142 valence electrons. The molecule has 0 bridgehead atoms. The van der Waals surface area contributed by atoms with E-state index >= 15 is 0 Å². The van der Waals surface area contributed by atoms with Crippen LogP contribution in [0.1, 0.15) is 12.8 Å². The van der Waals surface area contributed by atoms with Gasteiger partial charge in [0.1, 0.15) is 12.6 Å². The number of fused-ring (bicyclic) bond motifs is 1. The topological polar surface area (TPSA) is 71.9 Å². The smallest absolute Gasteiger partial charge is 0.258 e. The number of benzene rings is 1. The van der Waals surface area contributed by atoms with Crippen molar-refractivity contribution in [3.63, 3.8) is 0 Å². The van der Waals surface area contributed by atoms with E-state index in [1.807, 2.05) is 24.3 Å². The average Bonchev–Trinajstić information content (AvgIpc) is 3.20. The van der Waals surface area contributed by atoms with Gasteiger partial charge in [-0.2, -0.15) is 0 Å². The van der Waals surface area contributed by atoms with Crippen molar-refractivity contribution in [2.45, 2.75) is 25.4 Å². The molecule has 0 spiro atoms. The minimum Gasteiger partial charge on any atom is -0.378 e. The number of likely N-dealkylation sites (tertiary alicyclic amines) is 1. The third kappa shape index (κ3) is 3.47. The summed E-state index contributed by atoms with van der Waals surface area (Å²) >= 11 is 0. The van der Waals surface area contributed by atoms with Crippen LogP contribution >= 0.6 is 0 Å². The summed E-state index contributed by atoms with van der Waals surface area (Å²) in [5.41, 5.74) is -0.184. The molecule has 27 heavy (non-hydrogen) atoms. The van der Waals surface area contributed by atoms with Gasteiger partial charge < -0.3 is 19.1 Å². The van der Waals surface area contributed by atoms with Crippen LogP contribution in [0.5, 0.6) is 0 Å². The Morgan fingerprint density at radius 1 is 1.07 bits per heavy atom. The Bertz CT molecular complexity index is 917. The highest BCUT2D eigenvalue weighted by Gasteiger charge is 2.36. The number of rotatable bonds is 3. The molecule has 1 aromatic heterocycles. The molecule has 2 aromatic rings. The fourth-order valence-corrected chi connectivity index (χ4v) is 3.91. The van der Waals surface area contributed by atoms with Gasteiger partial charge in [0.25, 0.3) is 5.56 Å². The molecular formula is C20H23N3O4. The Morgan fingerprint density at radius 2 is 1.85 bits per heavy atom. The number of aromatic nitrogens is 1. The predicted octanol–water partition coefficient (Wildman–Crippen LogP) is 0.851. The highest BCUT2D eigenvalue weighted by Crippen LogP contribution is 2.20. The lowest BCUT2D eigenvalue weighted by Crippen LogP contribution is -2.51. The monoisotopic (exact) mass is 369 g/mol. The van der Waals surface area contributed by atoms with E-state index in [1.165, 1.54) is 4.57 Å². The number of nitrogens with zero attached hydrogens (tertiary/aromatic N) is 3. The summed E-state index contributed by atoms with van der Waals surface area (Å²) in [6.07, 6.45) is 3.13. The number of carbonyl (C=O) groups is 2. The van der Waals surface area contributed by atoms with Gasteiger partial charge in [-0.3, -0.25) is 14.4 Å². The highest BCUT2D eigenvalue weighted by atomic mass is 16.5. The zero-order valence-electron chi connectivity index (χ0n) is 15.2. The van der Waals surface area contributed by atoms with Gasteiger partial charge in [-0.05, 0) is 30.4 Å². The summed E-state index contributed by atoms with van der Waals surface area (Å²) in [6, 6.07) is 8.74. The first-order valence-electron chi connectivity index (χ1n) is 9.39. The normalized spacial score (nSPS) is 20.2. The molecule has 4 rings (SSSR count). The van der Waals surface area contributed by atoms with Gasteiger partial charge in [0.05, 0.1) is 13.2 Å². The molecule has 7 heteroatoms. The Kier molecular flexibility index (Phi) is 4.94. The van der Waals surface area contributed by atoms with Crippen molar-refractivity contribution in [1.82, 2.24) is 14.4 Å². The summed E-state index contributed by atoms with van der Waals surface area (Å²) in [5.74, 6) is -0.188. The van der Waals surface area contributed by atoms with Crippen molar-refractivity contribution in [1.29, 1.82) is 0 Å². The molecule has 2 amide bonds. The maximum atomic E-state index is 12.9. The number of hydrogen-bond acceptors (Lipinski definition) is 4. The molecule has 2 aliphatic heterocycles. The minimum absolute atomic E-state index is 0.00462. The van der Waals surface area contributed by atoms with Crippen LogP contribution in [0.2, 0.25) is 0 Å². The van der Waals surface area contributed by atoms with Crippen LogP contribution < -0.4 is 5.56 Å². The standard InChI is InChI=1S/C20H23N3O4/c24-18(14-22-9-7-15-4-1-2-5-16(15)19(22)25)23-8-3-6-17(23)20(26)21-10-12-27-13-11-21/h1-2,4-5,7,9,17H,3,6,8,10-14H2/t17-/m0/s1. The maximum absolute atomic E-state index is 12.9. The number of hydrogen-bond donors (Lipinski definition) is 0. The second kappa shape index (κ2) is 7.52. The Hall–Kier alpha value is -2.67. The van der Waals surface area contributed by atoms with Crippen LogP contribution in [0, 0.1) is 0 Å². The maximum Gasteiger partial charge on any atom is 0.258 e. The van der Waals surface area contributed by atoms with E-state index < -0.39 is 6.04 Å². The van der Waals surface area contributed by atoms with Gasteiger partial charge in [0.15, 0.2) is 0 Å². The van der Waals surface area contributed by atoms with Crippen molar-refractivity contribution in [2.75, 3.05) is 32.8 Å². The molecule has 3 heterocycles. The Morgan fingerprint density at radius 3 is 2.67 bits per heavy atom. The van der Waals surface area contributed by atoms with E-state index in [9.17, 15) is 14.4 Å². The van der Waals surface area contributed by atoms with Gasteiger partial charge in [-0.15, -0.1) is 0 Å². The van der Waals surface area contributed by atoms with Crippen molar-refractivity contribution in [3.8, 4) is 0 Å².